The average molecular weight is 408 g/mol. The monoisotopic (exact) mass is 408 g/mol. The molecule has 1 heterocycles. The molecule has 122 valence electrons. The van der Waals surface area contributed by atoms with E-state index in [-0.39, 0.29) is 29.9 Å². The van der Waals surface area contributed by atoms with E-state index in [9.17, 15) is 4.79 Å². The molecular weight excluding hydrogens is 379 g/mol. The molecule has 1 aliphatic carbocycles. The van der Waals surface area contributed by atoms with Gasteiger partial charge in [-0.3, -0.25) is 9.79 Å². The molecule has 1 unspecified atom stereocenters. The number of aliphatic imine (C=N–C) groups is 1. The number of halogens is 1. The SMILES string of the molecule is CN=C(NCC(=O)N(C)C)N1CCC(C)C2(CCC2)C1.I. The van der Waals surface area contributed by atoms with Gasteiger partial charge in [0.05, 0.1) is 6.54 Å². The summed E-state index contributed by atoms with van der Waals surface area (Å²) in [6.45, 7) is 4.84. The molecule has 2 fully saturated rings. The zero-order valence-electron chi connectivity index (χ0n) is 13.7. The fourth-order valence-electron chi connectivity index (χ4n) is 3.38. The zero-order valence-corrected chi connectivity index (χ0v) is 16.0. The van der Waals surface area contributed by atoms with Crippen LogP contribution >= 0.6 is 24.0 Å². The fourth-order valence-corrected chi connectivity index (χ4v) is 3.38. The summed E-state index contributed by atoms with van der Waals surface area (Å²) in [5.74, 6) is 1.77. The Hall–Kier alpha value is -0.530. The summed E-state index contributed by atoms with van der Waals surface area (Å²) >= 11 is 0. The summed E-state index contributed by atoms with van der Waals surface area (Å²) < 4.78 is 0. The van der Waals surface area contributed by atoms with Crippen LogP contribution in [0.4, 0.5) is 0 Å². The van der Waals surface area contributed by atoms with Gasteiger partial charge in [0.1, 0.15) is 0 Å². The highest BCUT2D eigenvalue weighted by Crippen LogP contribution is 2.50. The third kappa shape index (κ3) is 4.02. The van der Waals surface area contributed by atoms with E-state index in [1.54, 1.807) is 26.0 Å². The smallest absolute Gasteiger partial charge is 0.241 e. The Balaban J connectivity index is 0.00000220. The third-order valence-corrected chi connectivity index (χ3v) is 5.14. The van der Waals surface area contributed by atoms with E-state index in [1.807, 2.05) is 0 Å². The van der Waals surface area contributed by atoms with Crippen molar-refractivity contribution >= 4 is 35.8 Å². The lowest BCUT2D eigenvalue weighted by atomic mass is 9.59. The number of nitrogens with zero attached hydrogens (tertiary/aromatic N) is 3. The third-order valence-electron chi connectivity index (χ3n) is 5.14. The maximum absolute atomic E-state index is 11.7. The van der Waals surface area contributed by atoms with Crippen LogP contribution in [-0.4, -0.2) is 62.4 Å². The van der Waals surface area contributed by atoms with Gasteiger partial charge in [0.25, 0.3) is 0 Å². The summed E-state index contributed by atoms with van der Waals surface area (Å²) in [5, 5.41) is 3.21. The average Bonchev–Trinajstić information content (AvgIpc) is 2.38. The molecule has 21 heavy (non-hydrogen) atoms. The lowest BCUT2D eigenvalue weighted by Gasteiger charge is -2.53. The predicted octanol–water partition coefficient (Wildman–Crippen LogP) is 1.78. The molecule has 0 bridgehead atoms. The Bertz CT molecular complexity index is 393. The lowest BCUT2D eigenvalue weighted by Crippen LogP contribution is -2.56. The molecule has 0 aromatic rings. The minimum absolute atomic E-state index is 0. The number of likely N-dealkylation sites (N-methyl/N-ethyl adjacent to an activating group) is 1. The molecule has 0 aromatic heterocycles. The normalized spacial score (nSPS) is 24.1. The van der Waals surface area contributed by atoms with E-state index < -0.39 is 0 Å². The number of hydrogen-bond donors (Lipinski definition) is 1. The van der Waals surface area contributed by atoms with Crippen molar-refractivity contribution in [3.05, 3.63) is 0 Å². The number of carbonyl (C=O) groups is 1. The van der Waals surface area contributed by atoms with Gasteiger partial charge in [0.15, 0.2) is 5.96 Å². The molecule has 2 aliphatic rings. The Morgan fingerprint density at radius 2 is 2.10 bits per heavy atom. The Labute approximate surface area is 145 Å². The van der Waals surface area contributed by atoms with Gasteiger partial charge < -0.3 is 15.1 Å². The highest BCUT2D eigenvalue weighted by Gasteiger charge is 2.45. The quantitative estimate of drug-likeness (QED) is 0.431. The van der Waals surface area contributed by atoms with E-state index in [4.69, 9.17) is 0 Å². The van der Waals surface area contributed by atoms with Crippen LogP contribution in [0.2, 0.25) is 0 Å². The van der Waals surface area contributed by atoms with Gasteiger partial charge in [0, 0.05) is 34.2 Å². The van der Waals surface area contributed by atoms with Gasteiger partial charge in [-0.25, -0.2) is 0 Å². The number of rotatable bonds is 2. The number of guanidine groups is 1. The van der Waals surface area contributed by atoms with E-state index >= 15 is 0 Å². The topological polar surface area (TPSA) is 47.9 Å². The molecule has 1 aliphatic heterocycles. The second kappa shape index (κ2) is 7.65. The molecule has 2 rings (SSSR count). The van der Waals surface area contributed by atoms with Crippen LogP contribution in [0.15, 0.2) is 4.99 Å². The first-order valence-electron chi connectivity index (χ1n) is 7.64. The molecule has 5 nitrogen and oxygen atoms in total. The van der Waals surface area contributed by atoms with Crippen LogP contribution in [0.3, 0.4) is 0 Å². The molecule has 1 saturated heterocycles. The molecule has 0 radical (unpaired) electrons. The Morgan fingerprint density at radius 1 is 1.43 bits per heavy atom. The minimum Gasteiger partial charge on any atom is -0.347 e. The molecule has 1 spiro atoms. The van der Waals surface area contributed by atoms with Crippen molar-refractivity contribution in [2.75, 3.05) is 40.8 Å². The zero-order chi connectivity index (χ0) is 14.8. The second-order valence-corrected chi connectivity index (χ2v) is 6.52. The minimum atomic E-state index is 0. The standard InChI is InChI=1S/C15H28N4O.HI/c1-12-6-9-19(11-15(12)7-5-8-15)14(16-2)17-10-13(20)18(3)4;/h12H,5-11H2,1-4H3,(H,16,17);1H. The summed E-state index contributed by atoms with van der Waals surface area (Å²) in [6.07, 6.45) is 5.28. The summed E-state index contributed by atoms with van der Waals surface area (Å²) in [5.41, 5.74) is 0.501. The van der Waals surface area contributed by atoms with Gasteiger partial charge in [0.2, 0.25) is 5.91 Å². The first kappa shape index (κ1) is 18.5. The van der Waals surface area contributed by atoms with Crippen LogP contribution in [0.5, 0.6) is 0 Å². The van der Waals surface area contributed by atoms with Gasteiger partial charge in [-0.05, 0) is 30.6 Å². The van der Waals surface area contributed by atoms with E-state index in [1.165, 1.54) is 25.7 Å². The first-order chi connectivity index (χ1) is 9.48. The Morgan fingerprint density at radius 3 is 2.57 bits per heavy atom. The maximum Gasteiger partial charge on any atom is 0.241 e. The number of piperidine rings is 1. The highest BCUT2D eigenvalue weighted by atomic mass is 127. The summed E-state index contributed by atoms with van der Waals surface area (Å²) in [6, 6.07) is 0. The second-order valence-electron chi connectivity index (χ2n) is 6.52. The molecule has 6 heteroatoms. The van der Waals surface area contributed by atoms with Crippen LogP contribution < -0.4 is 5.32 Å². The van der Waals surface area contributed by atoms with E-state index in [0.29, 0.717) is 12.0 Å². The number of amides is 1. The molecule has 1 amide bonds. The van der Waals surface area contributed by atoms with Gasteiger partial charge in [-0.15, -0.1) is 24.0 Å². The number of carbonyl (C=O) groups excluding carboxylic acids is 1. The first-order valence-corrected chi connectivity index (χ1v) is 7.64. The summed E-state index contributed by atoms with van der Waals surface area (Å²) in [4.78, 5) is 20.0. The van der Waals surface area contributed by atoms with Crippen molar-refractivity contribution in [2.24, 2.45) is 16.3 Å². The highest BCUT2D eigenvalue weighted by molar-refractivity contribution is 14.0. The molecule has 1 saturated carbocycles. The van der Waals surface area contributed by atoms with Gasteiger partial charge >= 0.3 is 0 Å². The van der Waals surface area contributed by atoms with Crippen LogP contribution in [0, 0.1) is 11.3 Å². The number of hydrogen-bond acceptors (Lipinski definition) is 2. The number of likely N-dealkylation sites (tertiary alicyclic amines) is 1. The number of nitrogens with one attached hydrogen (secondary N) is 1. The molecule has 1 N–H and O–H groups in total. The van der Waals surface area contributed by atoms with Crippen molar-refractivity contribution in [3.63, 3.8) is 0 Å². The maximum atomic E-state index is 11.7. The summed E-state index contributed by atoms with van der Waals surface area (Å²) in [7, 11) is 5.35. The Kier molecular flexibility index (Phi) is 6.74. The molecular formula is C15H29IN4O. The van der Waals surface area contributed by atoms with E-state index in [2.05, 4.69) is 22.1 Å². The molecule has 1 atom stereocenters. The largest absolute Gasteiger partial charge is 0.347 e. The van der Waals surface area contributed by atoms with Crippen LogP contribution in [0.1, 0.15) is 32.6 Å². The predicted molar refractivity (Wildman–Crippen MR) is 97.1 cm³/mol. The van der Waals surface area contributed by atoms with Gasteiger partial charge in [-0.2, -0.15) is 0 Å². The van der Waals surface area contributed by atoms with Crippen molar-refractivity contribution < 1.29 is 4.79 Å². The van der Waals surface area contributed by atoms with Crippen LogP contribution in [0.25, 0.3) is 0 Å². The van der Waals surface area contributed by atoms with Crippen LogP contribution in [-0.2, 0) is 4.79 Å². The van der Waals surface area contributed by atoms with Crippen molar-refractivity contribution in [1.29, 1.82) is 0 Å². The molecule has 0 aromatic carbocycles. The van der Waals surface area contributed by atoms with Crippen molar-refractivity contribution in [3.8, 4) is 0 Å². The van der Waals surface area contributed by atoms with E-state index in [0.717, 1.165) is 25.0 Å². The lowest BCUT2D eigenvalue weighted by molar-refractivity contribution is -0.127. The van der Waals surface area contributed by atoms with Crippen molar-refractivity contribution in [1.82, 2.24) is 15.1 Å². The van der Waals surface area contributed by atoms with Crippen molar-refractivity contribution in [2.45, 2.75) is 32.6 Å². The fraction of sp³-hybridized carbons (Fsp3) is 0.867. The van der Waals surface area contributed by atoms with Gasteiger partial charge in [-0.1, -0.05) is 13.3 Å².